The van der Waals surface area contributed by atoms with E-state index in [1.54, 1.807) is 16.8 Å². The first-order valence-corrected chi connectivity index (χ1v) is 8.56. The highest BCUT2D eigenvalue weighted by Crippen LogP contribution is 2.23. The molecule has 1 unspecified atom stereocenters. The monoisotopic (exact) mass is 315 g/mol. The maximum absolute atomic E-state index is 12.8. The van der Waals surface area contributed by atoms with E-state index >= 15 is 0 Å². The van der Waals surface area contributed by atoms with Gasteiger partial charge in [0.15, 0.2) is 0 Å². The van der Waals surface area contributed by atoms with Crippen molar-refractivity contribution < 1.29 is 9.59 Å². The van der Waals surface area contributed by atoms with Crippen LogP contribution in [0.4, 0.5) is 10.5 Å². The first-order chi connectivity index (χ1) is 11.2. The number of carbonyl (C=O) groups is 2. The molecule has 1 saturated carbocycles. The fraction of sp³-hybridized carbons (Fsp3) is 0.556. The van der Waals surface area contributed by atoms with Crippen LogP contribution in [-0.4, -0.2) is 42.5 Å². The second-order valence-electron chi connectivity index (χ2n) is 6.52. The zero-order chi connectivity index (χ0) is 16.2. The number of amides is 3. The van der Waals surface area contributed by atoms with Crippen LogP contribution >= 0.6 is 0 Å². The third kappa shape index (κ3) is 3.49. The molecule has 124 valence electrons. The zero-order valence-electron chi connectivity index (χ0n) is 13.7. The van der Waals surface area contributed by atoms with E-state index in [2.05, 4.69) is 5.32 Å². The molecule has 1 saturated heterocycles. The zero-order valence-corrected chi connectivity index (χ0v) is 13.7. The number of para-hydroxylation sites is 1. The SMILES string of the molecule is CN(C(=O)N1CCCC1C(=O)NC1CCCC1)c1ccccc1. The van der Waals surface area contributed by atoms with E-state index in [9.17, 15) is 9.59 Å². The average Bonchev–Trinajstić information content (AvgIpc) is 3.25. The summed E-state index contributed by atoms with van der Waals surface area (Å²) in [5, 5.41) is 3.13. The van der Waals surface area contributed by atoms with Crippen LogP contribution in [0.2, 0.25) is 0 Å². The van der Waals surface area contributed by atoms with Gasteiger partial charge in [-0.3, -0.25) is 9.69 Å². The number of hydrogen-bond acceptors (Lipinski definition) is 2. The van der Waals surface area contributed by atoms with E-state index in [0.29, 0.717) is 12.6 Å². The number of anilines is 1. The van der Waals surface area contributed by atoms with Gasteiger partial charge in [0.2, 0.25) is 5.91 Å². The minimum atomic E-state index is -0.325. The molecule has 5 heteroatoms. The van der Waals surface area contributed by atoms with E-state index in [1.807, 2.05) is 30.3 Å². The van der Waals surface area contributed by atoms with Gasteiger partial charge >= 0.3 is 6.03 Å². The molecule has 1 heterocycles. The van der Waals surface area contributed by atoms with Gasteiger partial charge in [-0.1, -0.05) is 31.0 Å². The molecule has 1 N–H and O–H groups in total. The number of benzene rings is 1. The van der Waals surface area contributed by atoms with Crippen LogP contribution in [0.5, 0.6) is 0 Å². The van der Waals surface area contributed by atoms with Gasteiger partial charge in [-0.2, -0.15) is 0 Å². The molecule has 3 rings (SSSR count). The van der Waals surface area contributed by atoms with Crippen molar-refractivity contribution in [3.05, 3.63) is 30.3 Å². The molecule has 0 radical (unpaired) electrons. The lowest BCUT2D eigenvalue weighted by Crippen LogP contribution is -2.51. The quantitative estimate of drug-likeness (QED) is 0.932. The number of nitrogens with one attached hydrogen (secondary N) is 1. The van der Waals surface area contributed by atoms with Crippen molar-refractivity contribution in [1.82, 2.24) is 10.2 Å². The second kappa shape index (κ2) is 7.02. The molecule has 1 aliphatic heterocycles. The van der Waals surface area contributed by atoms with Crippen molar-refractivity contribution in [2.45, 2.75) is 50.6 Å². The smallest absolute Gasteiger partial charge is 0.324 e. The van der Waals surface area contributed by atoms with E-state index in [4.69, 9.17) is 0 Å². The fourth-order valence-corrected chi connectivity index (χ4v) is 3.59. The van der Waals surface area contributed by atoms with Crippen LogP contribution in [0.25, 0.3) is 0 Å². The summed E-state index contributed by atoms with van der Waals surface area (Å²) in [4.78, 5) is 28.7. The van der Waals surface area contributed by atoms with Crippen LogP contribution in [0, 0.1) is 0 Å². The third-order valence-corrected chi connectivity index (χ3v) is 4.93. The summed E-state index contributed by atoms with van der Waals surface area (Å²) in [5.74, 6) is 0.0178. The van der Waals surface area contributed by atoms with Crippen molar-refractivity contribution in [2.75, 3.05) is 18.5 Å². The molecule has 3 amide bonds. The van der Waals surface area contributed by atoms with Crippen LogP contribution < -0.4 is 10.2 Å². The molecular weight excluding hydrogens is 290 g/mol. The summed E-state index contributed by atoms with van der Waals surface area (Å²) in [6.45, 7) is 0.652. The van der Waals surface area contributed by atoms with Gasteiger partial charge in [-0.15, -0.1) is 0 Å². The van der Waals surface area contributed by atoms with Crippen molar-refractivity contribution in [3.63, 3.8) is 0 Å². The number of urea groups is 1. The Balaban J connectivity index is 1.65. The molecule has 1 atom stereocenters. The first-order valence-electron chi connectivity index (χ1n) is 8.56. The van der Waals surface area contributed by atoms with Crippen LogP contribution in [-0.2, 0) is 4.79 Å². The van der Waals surface area contributed by atoms with Gasteiger partial charge in [0.1, 0.15) is 6.04 Å². The predicted molar refractivity (Wildman–Crippen MR) is 90.4 cm³/mol. The minimum absolute atomic E-state index is 0.0178. The second-order valence-corrected chi connectivity index (χ2v) is 6.52. The lowest BCUT2D eigenvalue weighted by atomic mass is 10.1. The summed E-state index contributed by atoms with van der Waals surface area (Å²) in [6, 6.07) is 9.43. The Morgan fingerprint density at radius 1 is 1.09 bits per heavy atom. The average molecular weight is 315 g/mol. The van der Waals surface area contributed by atoms with E-state index in [1.165, 1.54) is 12.8 Å². The lowest BCUT2D eigenvalue weighted by molar-refractivity contribution is -0.125. The normalized spacial score (nSPS) is 21.4. The van der Waals surface area contributed by atoms with Gasteiger partial charge in [-0.25, -0.2) is 4.79 Å². The highest BCUT2D eigenvalue weighted by Gasteiger charge is 2.36. The van der Waals surface area contributed by atoms with Crippen LogP contribution in [0.1, 0.15) is 38.5 Å². The Labute approximate surface area is 137 Å². The molecule has 1 aliphatic carbocycles. The first kappa shape index (κ1) is 15.8. The summed E-state index contributed by atoms with van der Waals surface area (Å²) in [5.41, 5.74) is 0.847. The predicted octanol–water partition coefficient (Wildman–Crippen LogP) is 2.77. The van der Waals surface area contributed by atoms with Gasteiger partial charge in [-0.05, 0) is 37.8 Å². The Hall–Kier alpha value is -2.04. The van der Waals surface area contributed by atoms with E-state index < -0.39 is 0 Å². The number of likely N-dealkylation sites (tertiary alicyclic amines) is 1. The number of hydrogen-bond donors (Lipinski definition) is 1. The number of nitrogens with zero attached hydrogens (tertiary/aromatic N) is 2. The Morgan fingerprint density at radius 3 is 2.48 bits per heavy atom. The van der Waals surface area contributed by atoms with Crippen molar-refractivity contribution in [1.29, 1.82) is 0 Å². The Morgan fingerprint density at radius 2 is 1.78 bits per heavy atom. The molecule has 1 aromatic rings. The minimum Gasteiger partial charge on any atom is -0.352 e. The summed E-state index contributed by atoms with van der Waals surface area (Å²) in [6.07, 6.45) is 6.15. The highest BCUT2D eigenvalue weighted by atomic mass is 16.2. The maximum atomic E-state index is 12.8. The summed E-state index contributed by atoms with van der Waals surface area (Å²) < 4.78 is 0. The number of rotatable bonds is 3. The topological polar surface area (TPSA) is 52.7 Å². The standard InChI is InChI=1S/C18H25N3O2/c1-20(15-10-3-2-4-11-15)18(23)21-13-7-12-16(21)17(22)19-14-8-5-6-9-14/h2-4,10-11,14,16H,5-9,12-13H2,1H3,(H,19,22). The van der Waals surface area contributed by atoms with Crippen LogP contribution in [0.15, 0.2) is 30.3 Å². The Kier molecular flexibility index (Phi) is 4.84. The summed E-state index contributed by atoms with van der Waals surface area (Å²) >= 11 is 0. The lowest BCUT2D eigenvalue weighted by Gasteiger charge is -2.29. The molecule has 0 bridgehead atoms. The number of carbonyl (C=O) groups excluding carboxylic acids is 2. The highest BCUT2D eigenvalue weighted by molar-refractivity contribution is 5.95. The molecule has 23 heavy (non-hydrogen) atoms. The van der Waals surface area contributed by atoms with Crippen molar-refractivity contribution >= 4 is 17.6 Å². The molecule has 2 aliphatic rings. The summed E-state index contributed by atoms with van der Waals surface area (Å²) in [7, 11) is 1.77. The Bertz CT molecular complexity index is 555. The van der Waals surface area contributed by atoms with E-state index in [-0.39, 0.29) is 18.0 Å². The molecule has 1 aromatic carbocycles. The molecule has 2 fully saturated rings. The van der Waals surface area contributed by atoms with Crippen LogP contribution in [0.3, 0.4) is 0 Å². The largest absolute Gasteiger partial charge is 0.352 e. The maximum Gasteiger partial charge on any atom is 0.324 e. The van der Waals surface area contributed by atoms with Crippen molar-refractivity contribution in [2.24, 2.45) is 0 Å². The van der Waals surface area contributed by atoms with E-state index in [0.717, 1.165) is 31.4 Å². The van der Waals surface area contributed by atoms with Gasteiger partial charge in [0, 0.05) is 25.3 Å². The molecular formula is C18H25N3O2. The fourth-order valence-electron chi connectivity index (χ4n) is 3.59. The third-order valence-electron chi connectivity index (χ3n) is 4.93. The molecule has 0 spiro atoms. The molecule has 5 nitrogen and oxygen atoms in total. The molecule has 0 aromatic heterocycles. The van der Waals surface area contributed by atoms with Crippen molar-refractivity contribution in [3.8, 4) is 0 Å². The van der Waals surface area contributed by atoms with Gasteiger partial charge in [0.25, 0.3) is 0 Å². The van der Waals surface area contributed by atoms with Gasteiger partial charge < -0.3 is 10.2 Å². The van der Waals surface area contributed by atoms with Gasteiger partial charge in [0.05, 0.1) is 0 Å².